The second-order valence-corrected chi connectivity index (χ2v) is 5.41. The van der Waals surface area contributed by atoms with Crippen molar-refractivity contribution in [3.8, 4) is 0 Å². The van der Waals surface area contributed by atoms with Crippen LogP contribution in [0.3, 0.4) is 0 Å². The van der Waals surface area contributed by atoms with Gasteiger partial charge in [-0.2, -0.15) is 0 Å². The van der Waals surface area contributed by atoms with Gasteiger partial charge in [0, 0.05) is 38.7 Å². The van der Waals surface area contributed by atoms with Crippen molar-refractivity contribution in [2.75, 3.05) is 36.2 Å². The Morgan fingerprint density at radius 1 is 1.25 bits per heavy atom. The number of hydrogen-bond acceptors (Lipinski definition) is 7. The number of anilines is 2. The fourth-order valence-electron chi connectivity index (χ4n) is 2.16. The Morgan fingerprint density at radius 2 is 2.10 bits per heavy atom. The normalized spacial score (nSPS) is 15.0. The Labute approximate surface area is 122 Å². The highest BCUT2D eigenvalue weighted by Crippen LogP contribution is 2.23. The first-order valence-electron chi connectivity index (χ1n) is 6.39. The van der Waals surface area contributed by atoms with Crippen molar-refractivity contribution < 1.29 is 0 Å². The molecule has 0 atom stereocenters. The molecule has 20 heavy (non-hydrogen) atoms. The average molecular weight is 288 g/mol. The van der Waals surface area contributed by atoms with Gasteiger partial charge in [-0.25, -0.2) is 15.0 Å². The van der Waals surface area contributed by atoms with Gasteiger partial charge in [-0.1, -0.05) is 11.8 Å². The van der Waals surface area contributed by atoms with Gasteiger partial charge >= 0.3 is 0 Å². The highest BCUT2D eigenvalue weighted by molar-refractivity contribution is 7.98. The molecule has 0 unspecified atom stereocenters. The molecule has 0 aromatic carbocycles. The first kappa shape index (κ1) is 13.1. The summed E-state index contributed by atoms with van der Waals surface area (Å²) in [5.74, 6) is 1.90. The van der Waals surface area contributed by atoms with E-state index >= 15 is 0 Å². The number of likely N-dealkylation sites (N-methyl/N-ethyl adjacent to an activating group) is 1. The van der Waals surface area contributed by atoms with E-state index in [1.807, 2.05) is 18.5 Å². The molecule has 6 nitrogen and oxygen atoms in total. The van der Waals surface area contributed by atoms with Crippen molar-refractivity contribution in [1.29, 1.82) is 0 Å². The quantitative estimate of drug-likeness (QED) is 0.621. The van der Waals surface area contributed by atoms with Gasteiger partial charge in [-0.3, -0.25) is 4.98 Å². The predicted molar refractivity (Wildman–Crippen MR) is 80.2 cm³/mol. The van der Waals surface area contributed by atoms with Crippen LogP contribution in [-0.2, 0) is 0 Å². The van der Waals surface area contributed by atoms with Gasteiger partial charge in [0.25, 0.3) is 0 Å². The molecule has 3 rings (SSSR count). The first-order chi connectivity index (χ1) is 9.78. The van der Waals surface area contributed by atoms with E-state index < -0.39 is 0 Å². The fourth-order valence-corrected chi connectivity index (χ4v) is 2.51. The molecular formula is C13H16N6S. The van der Waals surface area contributed by atoms with Crippen molar-refractivity contribution in [3.63, 3.8) is 0 Å². The van der Waals surface area contributed by atoms with Gasteiger partial charge in [0.15, 0.2) is 5.16 Å². The van der Waals surface area contributed by atoms with Crippen molar-refractivity contribution in [2.45, 2.75) is 11.2 Å². The van der Waals surface area contributed by atoms with Crippen LogP contribution in [0.15, 0.2) is 36.0 Å². The molecule has 0 amide bonds. The molecule has 1 aliphatic rings. The standard InChI is InChI=1S/C13H16N6S/c1-18(11-3-4-16-13(17-11)20-2)10-8-19(9-10)12-7-14-5-6-15-12/h3-7,10H,8-9H2,1-2H3. The van der Waals surface area contributed by atoms with Crippen LogP contribution < -0.4 is 9.80 Å². The number of thioether (sulfide) groups is 1. The van der Waals surface area contributed by atoms with Crippen LogP contribution in [0.1, 0.15) is 0 Å². The highest BCUT2D eigenvalue weighted by atomic mass is 32.2. The Kier molecular flexibility index (Phi) is 3.68. The van der Waals surface area contributed by atoms with E-state index in [1.165, 1.54) is 0 Å². The summed E-state index contributed by atoms with van der Waals surface area (Å²) < 4.78 is 0. The number of rotatable bonds is 4. The van der Waals surface area contributed by atoms with E-state index in [9.17, 15) is 0 Å². The molecule has 0 radical (unpaired) electrons. The van der Waals surface area contributed by atoms with Crippen LogP contribution in [0.2, 0.25) is 0 Å². The Morgan fingerprint density at radius 3 is 2.80 bits per heavy atom. The van der Waals surface area contributed by atoms with E-state index in [-0.39, 0.29) is 0 Å². The molecule has 2 aromatic rings. The Balaban J connectivity index is 1.64. The second-order valence-electron chi connectivity index (χ2n) is 4.63. The summed E-state index contributed by atoms with van der Waals surface area (Å²) in [6.45, 7) is 1.88. The summed E-state index contributed by atoms with van der Waals surface area (Å²) in [5.41, 5.74) is 0. The van der Waals surface area contributed by atoms with E-state index in [0.717, 1.165) is 29.9 Å². The van der Waals surface area contributed by atoms with Crippen LogP contribution in [-0.4, -0.2) is 52.4 Å². The molecule has 1 saturated heterocycles. The van der Waals surface area contributed by atoms with Crippen molar-refractivity contribution in [2.24, 2.45) is 0 Å². The van der Waals surface area contributed by atoms with Crippen LogP contribution in [0.4, 0.5) is 11.6 Å². The zero-order valence-electron chi connectivity index (χ0n) is 11.5. The lowest BCUT2D eigenvalue weighted by atomic mass is 10.1. The molecule has 0 bridgehead atoms. The lowest BCUT2D eigenvalue weighted by molar-refractivity contribution is 0.488. The molecule has 104 valence electrons. The van der Waals surface area contributed by atoms with Crippen molar-refractivity contribution >= 4 is 23.4 Å². The summed E-state index contributed by atoms with van der Waals surface area (Å²) >= 11 is 1.56. The molecule has 1 aliphatic heterocycles. The Bertz CT molecular complexity index is 572. The summed E-state index contributed by atoms with van der Waals surface area (Å²) in [5, 5.41) is 0.805. The first-order valence-corrected chi connectivity index (χ1v) is 7.61. The minimum Gasteiger partial charge on any atom is -0.353 e. The van der Waals surface area contributed by atoms with Gasteiger partial charge in [0.1, 0.15) is 11.6 Å². The largest absolute Gasteiger partial charge is 0.353 e. The number of hydrogen-bond donors (Lipinski definition) is 0. The Hall–Kier alpha value is -1.89. The zero-order chi connectivity index (χ0) is 13.9. The maximum atomic E-state index is 4.52. The van der Waals surface area contributed by atoms with Gasteiger partial charge < -0.3 is 9.80 Å². The SMILES string of the molecule is CSc1nccc(N(C)C2CN(c3cnccn3)C2)n1. The van der Waals surface area contributed by atoms with Crippen molar-refractivity contribution in [3.05, 3.63) is 30.9 Å². The lowest BCUT2D eigenvalue weighted by Crippen LogP contribution is -2.59. The predicted octanol–water partition coefficient (Wildman–Crippen LogP) is 1.31. The topological polar surface area (TPSA) is 58.0 Å². The van der Waals surface area contributed by atoms with E-state index in [1.54, 1.807) is 30.4 Å². The fraction of sp³-hybridized carbons (Fsp3) is 0.385. The average Bonchev–Trinajstić information content (AvgIpc) is 2.47. The van der Waals surface area contributed by atoms with E-state index in [2.05, 4.69) is 36.8 Å². The molecule has 0 saturated carbocycles. The molecule has 2 aromatic heterocycles. The molecule has 7 heteroatoms. The van der Waals surface area contributed by atoms with Gasteiger partial charge in [-0.15, -0.1) is 0 Å². The molecule has 0 N–H and O–H groups in total. The summed E-state index contributed by atoms with van der Waals surface area (Å²) in [7, 11) is 2.07. The minimum atomic E-state index is 0.446. The summed E-state index contributed by atoms with van der Waals surface area (Å²) in [6.07, 6.45) is 9.01. The molecule has 3 heterocycles. The van der Waals surface area contributed by atoms with Crippen LogP contribution in [0.25, 0.3) is 0 Å². The van der Waals surface area contributed by atoms with Gasteiger partial charge in [0.2, 0.25) is 0 Å². The van der Waals surface area contributed by atoms with Crippen molar-refractivity contribution in [1.82, 2.24) is 19.9 Å². The number of nitrogens with zero attached hydrogens (tertiary/aromatic N) is 6. The third kappa shape index (κ3) is 2.53. The lowest BCUT2D eigenvalue weighted by Gasteiger charge is -2.44. The van der Waals surface area contributed by atoms with Crippen LogP contribution in [0.5, 0.6) is 0 Å². The van der Waals surface area contributed by atoms with E-state index in [4.69, 9.17) is 0 Å². The zero-order valence-corrected chi connectivity index (χ0v) is 12.3. The smallest absolute Gasteiger partial charge is 0.189 e. The maximum Gasteiger partial charge on any atom is 0.189 e. The van der Waals surface area contributed by atoms with E-state index in [0.29, 0.717) is 6.04 Å². The molecule has 0 spiro atoms. The maximum absolute atomic E-state index is 4.52. The molecular weight excluding hydrogens is 272 g/mol. The highest BCUT2D eigenvalue weighted by Gasteiger charge is 2.31. The van der Waals surface area contributed by atoms with Gasteiger partial charge in [0.05, 0.1) is 12.2 Å². The van der Waals surface area contributed by atoms with Crippen LogP contribution in [0, 0.1) is 0 Å². The molecule has 1 fully saturated rings. The minimum absolute atomic E-state index is 0.446. The third-order valence-electron chi connectivity index (χ3n) is 3.45. The third-order valence-corrected chi connectivity index (χ3v) is 4.01. The summed E-state index contributed by atoms with van der Waals surface area (Å²) in [6, 6.07) is 2.40. The monoisotopic (exact) mass is 288 g/mol. The van der Waals surface area contributed by atoms with Gasteiger partial charge in [-0.05, 0) is 12.3 Å². The summed E-state index contributed by atoms with van der Waals surface area (Å²) in [4.78, 5) is 21.5. The van der Waals surface area contributed by atoms with Crippen LogP contribution >= 0.6 is 11.8 Å². The second kappa shape index (κ2) is 5.62. The number of aromatic nitrogens is 4. The molecule has 0 aliphatic carbocycles.